The fraction of sp³-hybridized carbons (Fsp3) is 0.357. The maximum atomic E-state index is 12.8. The minimum Gasteiger partial charge on any atom is -0.494 e. The van der Waals surface area contributed by atoms with E-state index in [-0.39, 0.29) is 5.78 Å². The maximum absolute atomic E-state index is 12.8. The van der Waals surface area contributed by atoms with Crippen molar-refractivity contribution in [2.45, 2.75) is 32.6 Å². The Morgan fingerprint density at radius 2 is 1.85 bits per heavy atom. The number of hydrogen-bond acceptors (Lipinski definition) is 10. The summed E-state index contributed by atoms with van der Waals surface area (Å²) in [5.74, 6) is 2.29. The number of nitrogens with one attached hydrogen (secondary N) is 2. The van der Waals surface area contributed by atoms with E-state index in [1.807, 2.05) is 38.2 Å². The average Bonchev–Trinajstić information content (AvgIpc) is 3.64. The third-order valence-corrected chi connectivity index (χ3v) is 6.72. The predicted octanol–water partition coefficient (Wildman–Crippen LogP) is 4.39. The summed E-state index contributed by atoms with van der Waals surface area (Å²) in [5.41, 5.74) is 3.48. The van der Waals surface area contributed by atoms with Gasteiger partial charge in [0.15, 0.2) is 17.4 Å². The Balaban J connectivity index is 1.41. The molecule has 5 rings (SSSR count). The van der Waals surface area contributed by atoms with Crippen LogP contribution in [0.5, 0.6) is 5.75 Å². The molecule has 39 heavy (non-hydrogen) atoms. The van der Waals surface area contributed by atoms with Crippen molar-refractivity contribution in [3.8, 4) is 17.1 Å². The van der Waals surface area contributed by atoms with E-state index in [1.54, 1.807) is 36.7 Å². The first kappa shape index (κ1) is 26.2. The lowest BCUT2D eigenvalue weighted by Crippen LogP contribution is -2.22. The van der Waals surface area contributed by atoms with Crippen molar-refractivity contribution < 1.29 is 9.53 Å². The molecule has 0 spiro atoms. The van der Waals surface area contributed by atoms with Crippen LogP contribution in [0.25, 0.3) is 11.4 Å². The third-order valence-electron chi connectivity index (χ3n) is 6.72. The van der Waals surface area contributed by atoms with Gasteiger partial charge in [0, 0.05) is 50.5 Å². The van der Waals surface area contributed by atoms with Crippen LogP contribution in [0.15, 0.2) is 49.2 Å². The summed E-state index contributed by atoms with van der Waals surface area (Å²) in [6.07, 6.45) is 8.54. The summed E-state index contributed by atoms with van der Waals surface area (Å²) in [4.78, 5) is 32.9. The highest BCUT2D eigenvalue weighted by atomic mass is 16.5. The Kier molecular flexibility index (Phi) is 8.07. The van der Waals surface area contributed by atoms with Crippen LogP contribution in [0, 0.1) is 0 Å². The number of ketones is 1. The fourth-order valence-corrected chi connectivity index (χ4v) is 4.69. The van der Waals surface area contributed by atoms with Gasteiger partial charge in [0.25, 0.3) is 0 Å². The van der Waals surface area contributed by atoms with Gasteiger partial charge in [0.2, 0.25) is 0 Å². The number of aromatic nitrogens is 6. The smallest absolute Gasteiger partial charge is 0.184 e. The van der Waals surface area contributed by atoms with Crippen LogP contribution in [0.1, 0.15) is 42.2 Å². The molecule has 4 aromatic rings. The van der Waals surface area contributed by atoms with Gasteiger partial charge in [-0.3, -0.25) is 9.48 Å². The molecule has 11 heteroatoms. The number of Topliss-reactive ketones (excluding diaryl/α,β-unsaturated/α-hetero) is 1. The highest BCUT2D eigenvalue weighted by molar-refractivity contribution is 6.02. The molecule has 0 radical (unpaired) electrons. The lowest BCUT2D eigenvalue weighted by atomic mass is 10.1. The van der Waals surface area contributed by atoms with Crippen LogP contribution in [-0.2, 0) is 13.5 Å². The number of nitrogens with zero attached hydrogens (tertiary/aromatic N) is 7. The maximum Gasteiger partial charge on any atom is 0.184 e. The van der Waals surface area contributed by atoms with Crippen LogP contribution in [-0.4, -0.2) is 67.1 Å². The highest BCUT2D eigenvalue weighted by Crippen LogP contribution is 2.37. The molecule has 0 bridgehead atoms. The normalized spacial score (nSPS) is 13.4. The summed E-state index contributed by atoms with van der Waals surface area (Å²) < 4.78 is 7.39. The highest BCUT2D eigenvalue weighted by Gasteiger charge is 2.18. The van der Waals surface area contributed by atoms with Crippen molar-refractivity contribution in [3.05, 3.63) is 60.4 Å². The molecule has 1 aliphatic heterocycles. The van der Waals surface area contributed by atoms with Gasteiger partial charge in [-0.1, -0.05) is 13.0 Å². The molecule has 0 amide bonds. The largest absolute Gasteiger partial charge is 0.494 e. The second-order valence-corrected chi connectivity index (χ2v) is 9.46. The second-order valence-electron chi connectivity index (χ2n) is 9.46. The van der Waals surface area contributed by atoms with E-state index in [4.69, 9.17) is 4.74 Å². The van der Waals surface area contributed by atoms with Gasteiger partial charge >= 0.3 is 0 Å². The Morgan fingerprint density at radius 3 is 2.59 bits per heavy atom. The van der Waals surface area contributed by atoms with Gasteiger partial charge in [0.1, 0.15) is 24.3 Å². The summed E-state index contributed by atoms with van der Waals surface area (Å²) >= 11 is 0. The van der Waals surface area contributed by atoms with E-state index in [1.165, 1.54) is 12.8 Å². The van der Waals surface area contributed by atoms with E-state index < -0.39 is 0 Å². The number of anilines is 4. The number of rotatable bonds is 11. The number of methoxy groups -OCH3 is 1. The number of likely N-dealkylation sites (tertiary alicyclic amines) is 1. The molecule has 0 aliphatic carbocycles. The number of carbonyl (C=O) groups excluding carboxylic acids is 1. The number of carbonyl (C=O) groups is 1. The monoisotopic (exact) mass is 527 g/mol. The molecule has 0 atom stereocenters. The van der Waals surface area contributed by atoms with E-state index in [0.717, 1.165) is 37.3 Å². The molecule has 1 saturated heterocycles. The molecule has 4 heterocycles. The number of benzene rings is 1. The van der Waals surface area contributed by atoms with E-state index >= 15 is 0 Å². The summed E-state index contributed by atoms with van der Waals surface area (Å²) in [7, 11) is 3.41. The van der Waals surface area contributed by atoms with Crippen LogP contribution in [0.4, 0.5) is 23.0 Å². The first-order chi connectivity index (χ1) is 19.0. The van der Waals surface area contributed by atoms with Crippen molar-refractivity contribution in [1.29, 1.82) is 0 Å². The number of para-hydroxylation sites is 1. The lowest BCUT2D eigenvalue weighted by Gasteiger charge is -2.17. The van der Waals surface area contributed by atoms with E-state index in [0.29, 0.717) is 46.6 Å². The molecule has 11 nitrogen and oxygen atoms in total. The van der Waals surface area contributed by atoms with Crippen molar-refractivity contribution in [3.63, 3.8) is 0 Å². The molecule has 0 unspecified atom stereocenters. The molecule has 1 aliphatic rings. The van der Waals surface area contributed by atoms with Gasteiger partial charge in [0.05, 0.1) is 29.6 Å². The van der Waals surface area contributed by atoms with Gasteiger partial charge in [-0.15, -0.1) is 0 Å². The molecular weight excluding hydrogens is 494 g/mol. The van der Waals surface area contributed by atoms with Crippen molar-refractivity contribution in [2.24, 2.45) is 7.05 Å². The summed E-state index contributed by atoms with van der Waals surface area (Å²) in [6.45, 7) is 5.14. The minimum atomic E-state index is -0.0238. The first-order valence-electron chi connectivity index (χ1n) is 13.2. The zero-order valence-corrected chi connectivity index (χ0v) is 22.5. The lowest BCUT2D eigenvalue weighted by molar-refractivity contribution is 0.0988. The molecule has 3 aromatic heterocycles. The van der Waals surface area contributed by atoms with Crippen LogP contribution >= 0.6 is 0 Å². The molecule has 0 saturated carbocycles. The SMILES string of the molecule is CCC(=O)c1cnc(Nc2cc(CCN3CCCC3)ncn2)cc1Nc1cccc(-c2ncn(C)n2)c1OC. The number of hydrogen-bond donors (Lipinski definition) is 2. The first-order valence-corrected chi connectivity index (χ1v) is 13.2. The van der Waals surface area contributed by atoms with E-state index in [9.17, 15) is 4.79 Å². The Hall–Kier alpha value is -4.38. The average molecular weight is 528 g/mol. The Bertz CT molecular complexity index is 1450. The Morgan fingerprint density at radius 1 is 1.03 bits per heavy atom. The second kappa shape index (κ2) is 12.0. The fourth-order valence-electron chi connectivity index (χ4n) is 4.69. The molecule has 1 aromatic carbocycles. The van der Waals surface area contributed by atoms with Gasteiger partial charge in [-0.05, 0) is 38.1 Å². The van der Waals surface area contributed by atoms with Crippen LogP contribution in [0.3, 0.4) is 0 Å². The zero-order chi connectivity index (χ0) is 27.2. The summed E-state index contributed by atoms with van der Waals surface area (Å²) in [5, 5.41) is 11.1. The molecular formula is C28H33N9O2. The van der Waals surface area contributed by atoms with Crippen molar-refractivity contribution in [2.75, 3.05) is 37.4 Å². The van der Waals surface area contributed by atoms with Crippen LogP contribution in [0.2, 0.25) is 0 Å². The number of ether oxygens (including phenoxy) is 1. The number of pyridine rings is 1. The minimum absolute atomic E-state index is 0.0238. The Labute approximate surface area is 227 Å². The number of aryl methyl sites for hydroxylation is 1. The quantitative estimate of drug-likeness (QED) is 0.271. The zero-order valence-electron chi connectivity index (χ0n) is 22.5. The van der Waals surface area contributed by atoms with Crippen LogP contribution < -0.4 is 15.4 Å². The van der Waals surface area contributed by atoms with E-state index in [2.05, 4.69) is 40.6 Å². The van der Waals surface area contributed by atoms with Crippen molar-refractivity contribution in [1.82, 2.24) is 34.6 Å². The standard InChI is InChI=1S/C28H33N9O2/c1-4-24(38)21-16-29-26(34-25-14-19(30-17-31-25)10-13-37-11-5-6-12-37)15-23(21)33-22-9-7-8-20(27(22)39-3)28-32-18-36(2)35-28/h7-9,14-18H,4-6,10-13H2,1-3H3,(H2,29,30,31,33,34). The van der Waals surface area contributed by atoms with Crippen molar-refractivity contribution >= 4 is 28.8 Å². The summed E-state index contributed by atoms with van der Waals surface area (Å²) in [6, 6.07) is 9.43. The van der Waals surface area contributed by atoms with Gasteiger partial charge < -0.3 is 20.3 Å². The van der Waals surface area contributed by atoms with Gasteiger partial charge in [-0.25, -0.2) is 19.9 Å². The predicted molar refractivity (Wildman–Crippen MR) is 150 cm³/mol. The molecule has 202 valence electrons. The molecule has 1 fully saturated rings. The topological polar surface area (TPSA) is 123 Å². The van der Waals surface area contributed by atoms with Gasteiger partial charge in [-0.2, -0.15) is 5.10 Å². The third kappa shape index (κ3) is 6.20. The molecule has 2 N–H and O–H groups in total.